The fourth-order valence-electron chi connectivity index (χ4n) is 2.72. The van der Waals surface area contributed by atoms with Crippen LogP contribution in [0.15, 0.2) is 4.52 Å². The van der Waals surface area contributed by atoms with E-state index in [0.717, 1.165) is 31.2 Å². The van der Waals surface area contributed by atoms with Gasteiger partial charge in [0.25, 0.3) is 0 Å². The Balaban J connectivity index is 1.94. The van der Waals surface area contributed by atoms with Gasteiger partial charge in [0.1, 0.15) is 0 Å². The summed E-state index contributed by atoms with van der Waals surface area (Å²) in [6.45, 7) is 8.72. The first-order valence-corrected chi connectivity index (χ1v) is 6.62. The van der Waals surface area contributed by atoms with Gasteiger partial charge < -0.3 is 9.84 Å². The quantitative estimate of drug-likeness (QED) is 0.870. The average molecular weight is 235 g/mol. The molecular weight excluding hydrogens is 214 g/mol. The lowest BCUT2D eigenvalue weighted by Crippen LogP contribution is -2.35. The molecule has 0 amide bonds. The van der Waals surface area contributed by atoms with Crippen LogP contribution in [0.5, 0.6) is 0 Å². The highest BCUT2D eigenvalue weighted by Gasteiger charge is 2.47. The van der Waals surface area contributed by atoms with Crippen molar-refractivity contribution >= 4 is 0 Å². The number of nitrogens with zero attached hydrogens (tertiary/aromatic N) is 2. The van der Waals surface area contributed by atoms with Crippen LogP contribution >= 0.6 is 0 Å². The van der Waals surface area contributed by atoms with E-state index >= 15 is 0 Å². The Kier molecular flexibility index (Phi) is 2.34. The minimum absolute atomic E-state index is 0.0521. The van der Waals surface area contributed by atoms with Crippen LogP contribution in [-0.4, -0.2) is 23.2 Å². The maximum Gasteiger partial charge on any atom is 0.234 e. The van der Waals surface area contributed by atoms with Gasteiger partial charge in [-0.05, 0) is 31.7 Å². The molecule has 2 heterocycles. The van der Waals surface area contributed by atoms with Crippen molar-refractivity contribution in [2.45, 2.75) is 50.9 Å². The maximum atomic E-state index is 5.58. The SMILES string of the molecule is CC(C)C1(c2nc(C3(C)CC3)no2)CCNC1. The largest absolute Gasteiger partial charge is 0.339 e. The highest BCUT2D eigenvalue weighted by Crippen LogP contribution is 2.47. The zero-order valence-corrected chi connectivity index (χ0v) is 10.9. The standard InChI is InChI=1S/C13H21N3O/c1-9(2)13(6-7-14-8-13)11-15-10(16-17-11)12(3)4-5-12/h9,14H,4-8H2,1-3H3. The van der Waals surface area contributed by atoms with E-state index in [1.54, 1.807) is 0 Å². The van der Waals surface area contributed by atoms with E-state index in [1.165, 1.54) is 12.8 Å². The minimum atomic E-state index is 0.0521. The molecule has 1 saturated heterocycles. The second-order valence-corrected chi connectivity index (χ2v) is 6.22. The first kappa shape index (κ1) is 11.2. The summed E-state index contributed by atoms with van der Waals surface area (Å²) in [5.41, 5.74) is 0.252. The Hall–Kier alpha value is -0.900. The summed E-state index contributed by atoms with van der Waals surface area (Å²) >= 11 is 0. The van der Waals surface area contributed by atoms with Crippen molar-refractivity contribution in [2.24, 2.45) is 5.92 Å². The van der Waals surface area contributed by atoms with Crippen molar-refractivity contribution in [3.8, 4) is 0 Å². The summed E-state index contributed by atoms with van der Waals surface area (Å²) in [6, 6.07) is 0. The van der Waals surface area contributed by atoms with Crippen LogP contribution in [0.1, 0.15) is 51.7 Å². The van der Waals surface area contributed by atoms with Crippen molar-refractivity contribution in [3.63, 3.8) is 0 Å². The number of hydrogen-bond donors (Lipinski definition) is 1. The van der Waals surface area contributed by atoms with Crippen LogP contribution in [0.2, 0.25) is 0 Å². The molecule has 1 saturated carbocycles. The summed E-state index contributed by atoms with van der Waals surface area (Å²) in [6.07, 6.45) is 3.49. The zero-order chi connectivity index (χ0) is 12.1. The Labute approximate surface area is 102 Å². The first-order chi connectivity index (χ1) is 8.07. The third kappa shape index (κ3) is 1.61. The van der Waals surface area contributed by atoms with E-state index in [9.17, 15) is 0 Å². The topological polar surface area (TPSA) is 51.0 Å². The smallest absolute Gasteiger partial charge is 0.234 e. The van der Waals surface area contributed by atoms with Crippen molar-refractivity contribution in [1.29, 1.82) is 0 Å². The molecule has 0 radical (unpaired) electrons. The summed E-state index contributed by atoms with van der Waals surface area (Å²) in [5.74, 6) is 2.29. The molecule has 4 heteroatoms. The Morgan fingerprint density at radius 3 is 2.59 bits per heavy atom. The van der Waals surface area contributed by atoms with Gasteiger partial charge in [0.2, 0.25) is 5.89 Å². The molecule has 17 heavy (non-hydrogen) atoms. The average Bonchev–Trinajstić information content (AvgIpc) is 2.80. The molecule has 1 aliphatic heterocycles. The minimum Gasteiger partial charge on any atom is -0.339 e. The number of rotatable bonds is 3. The predicted octanol–water partition coefficient (Wildman–Crippen LogP) is 2.01. The van der Waals surface area contributed by atoms with Crippen LogP contribution in [-0.2, 0) is 10.8 Å². The van der Waals surface area contributed by atoms with Crippen molar-refractivity contribution in [1.82, 2.24) is 15.5 Å². The zero-order valence-electron chi connectivity index (χ0n) is 10.9. The summed E-state index contributed by atoms with van der Waals surface area (Å²) in [7, 11) is 0. The highest BCUT2D eigenvalue weighted by atomic mass is 16.5. The summed E-state index contributed by atoms with van der Waals surface area (Å²) < 4.78 is 5.58. The molecule has 0 spiro atoms. The van der Waals surface area contributed by atoms with Crippen molar-refractivity contribution < 1.29 is 4.52 Å². The number of aromatic nitrogens is 2. The van der Waals surface area contributed by atoms with Gasteiger partial charge in [-0.2, -0.15) is 4.98 Å². The van der Waals surface area contributed by atoms with Gasteiger partial charge in [-0.1, -0.05) is 25.9 Å². The molecule has 1 aromatic heterocycles. The Morgan fingerprint density at radius 2 is 2.06 bits per heavy atom. The van der Waals surface area contributed by atoms with Crippen LogP contribution < -0.4 is 5.32 Å². The van der Waals surface area contributed by atoms with E-state index < -0.39 is 0 Å². The fraction of sp³-hybridized carbons (Fsp3) is 0.846. The van der Waals surface area contributed by atoms with Gasteiger partial charge in [-0.15, -0.1) is 0 Å². The number of nitrogens with one attached hydrogen (secondary N) is 1. The molecule has 1 N–H and O–H groups in total. The molecule has 3 rings (SSSR count). The molecule has 1 aliphatic carbocycles. The van der Waals surface area contributed by atoms with Gasteiger partial charge in [0.05, 0.1) is 5.41 Å². The lowest BCUT2D eigenvalue weighted by molar-refractivity contribution is 0.233. The highest BCUT2D eigenvalue weighted by molar-refractivity contribution is 5.18. The second kappa shape index (κ2) is 3.55. The Morgan fingerprint density at radius 1 is 1.29 bits per heavy atom. The molecule has 4 nitrogen and oxygen atoms in total. The van der Waals surface area contributed by atoms with Crippen LogP contribution in [0.4, 0.5) is 0 Å². The molecule has 94 valence electrons. The molecular formula is C13H21N3O. The fourth-order valence-corrected chi connectivity index (χ4v) is 2.72. The third-order valence-corrected chi connectivity index (χ3v) is 4.69. The van der Waals surface area contributed by atoms with Crippen molar-refractivity contribution in [2.75, 3.05) is 13.1 Å². The van der Waals surface area contributed by atoms with Gasteiger partial charge >= 0.3 is 0 Å². The maximum absolute atomic E-state index is 5.58. The van der Waals surface area contributed by atoms with Gasteiger partial charge in [-0.3, -0.25) is 0 Å². The molecule has 1 atom stereocenters. The molecule has 2 aliphatic rings. The molecule has 1 unspecified atom stereocenters. The van der Waals surface area contributed by atoms with Crippen molar-refractivity contribution in [3.05, 3.63) is 11.7 Å². The van der Waals surface area contributed by atoms with E-state index in [-0.39, 0.29) is 10.8 Å². The monoisotopic (exact) mass is 235 g/mol. The van der Waals surface area contributed by atoms with Gasteiger partial charge in [-0.25, -0.2) is 0 Å². The normalized spacial score (nSPS) is 31.1. The predicted molar refractivity (Wildman–Crippen MR) is 64.9 cm³/mol. The lowest BCUT2D eigenvalue weighted by Gasteiger charge is -2.28. The third-order valence-electron chi connectivity index (χ3n) is 4.69. The molecule has 1 aromatic rings. The van der Waals surface area contributed by atoms with Crippen LogP contribution in [0.3, 0.4) is 0 Å². The number of hydrogen-bond acceptors (Lipinski definition) is 4. The van der Waals surface area contributed by atoms with Crippen LogP contribution in [0, 0.1) is 5.92 Å². The summed E-state index contributed by atoms with van der Waals surface area (Å²) in [4.78, 5) is 4.70. The summed E-state index contributed by atoms with van der Waals surface area (Å²) in [5, 5.41) is 7.64. The van der Waals surface area contributed by atoms with E-state index in [1.807, 2.05) is 0 Å². The molecule has 0 aromatic carbocycles. The molecule has 2 fully saturated rings. The van der Waals surface area contributed by atoms with E-state index in [0.29, 0.717) is 5.92 Å². The first-order valence-electron chi connectivity index (χ1n) is 6.62. The van der Waals surface area contributed by atoms with E-state index in [4.69, 9.17) is 9.51 Å². The second-order valence-electron chi connectivity index (χ2n) is 6.22. The van der Waals surface area contributed by atoms with Gasteiger partial charge in [0, 0.05) is 12.0 Å². The van der Waals surface area contributed by atoms with Gasteiger partial charge in [0.15, 0.2) is 5.82 Å². The molecule has 0 bridgehead atoms. The van der Waals surface area contributed by atoms with E-state index in [2.05, 4.69) is 31.2 Å². The lowest BCUT2D eigenvalue weighted by atomic mass is 9.76. The van der Waals surface area contributed by atoms with Crippen LogP contribution in [0.25, 0.3) is 0 Å². The Bertz CT molecular complexity index is 414.